The van der Waals surface area contributed by atoms with Gasteiger partial charge in [-0.2, -0.15) is 0 Å². The van der Waals surface area contributed by atoms with Gasteiger partial charge >= 0.3 is 6.36 Å². The van der Waals surface area contributed by atoms with Crippen LogP contribution in [0.5, 0.6) is 17.2 Å². The second-order valence-corrected chi connectivity index (χ2v) is 10.9. The van der Waals surface area contributed by atoms with Gasteiger partial charge in [-0.25, -0.2) is 4.98 Å². The monoisotopic (exact) mass is 586 g/mol. The maximum atomic E-state index is 12.8. The molecule has 2 N–H and O–H groups in total. The summed E-state index contributed by atoms with van der Waals surface area (Å²) in [5, 5.41) is 6.20. The highest BCUT2D eigenvalue weighted by Gasteiger charge is 2.32. The van der Waals surface area contributed by atoms with E-state index in [0.29, 0.717) is 40.3 Å². The van der Waals surface area contributed by atoms with Crippen LogP contribution in [-0.4, -0.2) is 56.9 Å². The average Bonchev–Trinajstić information content (AvgIpc) is 3.19. The van der Waals surface area contributed by atoms with Gasteiger partial charge in [0.05, 0.1) is 17.1 Å². The number of ether oxygens (including phenoxy) is 2. The van der Waals surface area contributed by atoms with Crippen molar-refractivity contribution in [2.45, 2.75) is 52.1 Å². The molecule has 42 heavy (non-hydrogen) atoms. The zero-order chi connectivity index (χ0) is 30.2. The first-order valence-corrected chi connectivity index (χ1v) is 13.7. The van der Waals surface area contributed by atoms with Crippen LogP contribution in [0.2, 0.25) is 0 Å². The van der Waals surface area contributed by atoms with Crippen molar-refractivity contribution in [1.82, 2.24) is 24.8 Å². The van der Waals surface area contributed by atoms with E-state index < -0.39 is 6.36 Å². The number of halogens is 3. The number of nitrogens with one attached hydrogen (secondary N) is 2. The van der Waals surface area contributed by atoms with Crippen LogP contribution in [0, 0.1) is 0 Å². The van der Waals surface area contributed by atoms with E-state index in [9.17, 15) is 18.0 Å². The first kappa shape index (κ1) is 29.2. The maximum absolute atomic E-state index is 12.8. The molecule has 1 fully saturated rings. The molecule has 0 aliphatic carbocycles. The van der Waals surface area contributed by atoms with Crippen LogP contribution in [0.3, 0.4) is 0 Å². The highest BCUT2D eigenvalue weighted by molar-refractivity contribution is 5.93. The van der Waals surface area contributed by atoms with E-state index in [1.807, 2.05) is 17.7 Å². The lowest BCUT2D eigenvalue weighted by Crippen LogP contribution is -2.61. The van der Waals surface area contributed by atoms with E-state index in [-0.39, 0.29) is 32.2 Å². The molecule has 0 saturated carbocycles. The molecule has 0 radical (unpaired) electrons. The molecule has 0 unspecified atom stereocenters. The molecule has 2 aromatic heterocycles. The molecule has 1 amide bonds. The SMILES string of the molecule is CC(C)c1cc(Nc2nc3cc(Oc4ccnc(C(=O)NC5CN(C(C)C)C5)c4)ccc3n2C)ccc1OC(F)(F)F.[HH].[HH]. The quantitative estimate of drug-likeness (QED) is 0.222. The van der Waals surface area contributed by atoms with Crippen LogP contribution < -0.4 is 20.1 Å². The smallest absolute Gasteiger partial charge is 0.457 e. The van der Waals surface area contributed by atoms with Gasteiger partial charge in [0.15, 0.2) is 0 Å². The number of rotatable bonds is 9. The Bertz CT molecular complexity index is 1610. The van der Waals surface area contributed by atoms with Gasteiger partial charge in [-0.05, 0) is 61.7 Å². The number of fused-ring (bicyclic) bond motifs is 1. The first-order valence-electron chi connectivity index (χ1n) is 13.7. The number of hydrogen-bond acceptors (Lipinski definition) is 7. The number of anilines is 2. The van der Waals surface area contributed by atoms with Gasteiger partial charge in [-0.15, -0.1) is 13.2 Å². The normalized spacial score (nSPS) is 14.3. The van der Waals surface area contributed by atoms with Crippen molar-refractivity contribution < 1.29 is 30.3 Å². The number of hydrogen-bond donors (Lipinski definition) is 2. The van der Waals surface area contributed by atoms with Gasteiger partial charge in [0.25, 0.3) is 5.91 Å². The summed E-state index contributed by atoms with van der Waals surface area (Å²) in [6.45, 7) is 9.48. The standard InChI is InChI=1S/C30H33F3N6O3.2H2/c1-17(2)23-12-19(6-9-27(23)42-30(31,32)33)36-29-37-24-13-21(7-8-26(24)38(29)5)41-22-10-11-34-25(14-22)28(40)35-20-15-39(16-20)18(3)4;;/h6-14,17-18,20H,15-16H2,1-5H3,(H,35,40)(H,36,37);2*1H. The minimum Gasteiger partial charge on any atom is -0.457 e. The number of alkyl halides is 3. The van der Waals surface area contributed by atoms with Crippen LogP contribution in [0.4, 0.5) is 24.8 Å². The molecule has 5 rings (SSSR count). The molecular formula is C30H37F3N6O3. The minimum atomic E-state index is -4.77. The van der Waals surface area contributed by atoms with E-state index in [2.05, 4.69) is 44.1 Å². The van der Waals surface area contributed by atoms with Crippen LogP contribution in [-0.2, 0) is 7.05 Å². The number of imidazole rings is 1. The number of nitrogens with zero attached hydrogens (tertiary/aromatic N) is 4. The van der Waals surface area contributed by atoms with Gasteiger partial charge in [-0.3, -0.25) is 14.7 Å². The molecule has 0 atom stereocenters. The van der Waals surface area contributed by atoms with E-state index in [1.54, 1.807) is 44.2 Å². The van der Waals surface area contributed by atoms with Crippen molar-refractivity contribution in [1.29, 1.82) is 0 Å². The second kappa shape index (κ2) is 11.5. The van der Waals surface area contributed by atoms with Crippen molar-refractivity contribution in [3.63, 3.8) is 0 Å². The summed E-state index contributed by atoms with van der Waals surface area (Å²) < 4.78 is 50.6. The van der Waals surface area contributed by atoms with Crippen molar-refractivity contribution in [3.05, 3.63) is 66.0 Å². The molecule has 1 saturated heterocycles. The van der Waals surface area contributed by atoms with Crippen LogP contribution >= 0.6 is 0 Å². The van der Waals surface area contributed by atoms with Crippen molar-refractivity contribution in [3.8, 4) is 17.2 Å². The Balaban J connectivity index is 0.00000264. The molecule has 9 nitrogen and oxygen atoms in total. The van der Waals surface area contributed by atoms with Crippen molar-refractivity contribution in [2.75, 3.05) is 18.4 Å². The van der Waals surface area contributed by atoms with Crippen molar-refractivity contribution in [2.24, 2.45) is 7.05 Å². The molecule has 226 valence electrons. The fourth-order valence-electron chi connectivity index (χ4n) is 4.80. The second-order valence-electron chi connectivity index (χ2n) is 10.9. The fraction of sp³-hybridized carbons (Fsp3) is 0.367. The van der Waals surface area contributed by atoms with Gasteiger partial charge in [-0.1, -0.05) is 13.8 Å². The Morgan fingerprint density at radius 3 is 2.48 bits per heavy atom. The predicted octanol–water partition coefficient (Wildman–Crippen LogP) is 6.84. The number of amides is 1. The van der Waals surface area contributed by atoms with Crippen molar-refractivity contribution >= 4 is 28.6 Å². The summed E-state index contributed by atoms with van der Waals surface area (Å²) in [5.74, 6) is 0.806. The van der Waals surface area contributed by atoms with Gasteiger partial charge < -0.3 is 24.7 Å². The summed E-state index contributed by atoms with van der Waals surface area (Å²) in [4.78, 5) is 23.8. The Hall–Kier alpha value is -4.32. The van der Waals surface area contributed by atoms with Gasteiger partial charge in [0.2, 0.25) is 5.95 Å². The Labute approximate surface area is 244 Å². The molecule has 1 aliphatic heterocycles. The number of likely N-dealkylation sites (tertiary alicyclic amines) is 1. The molecule has 0 spiro atoms. The fourth-order valence-corrected chi connectivity index (χ4v) is 4.80. The van der Waals surface area contributed by atoms with E-state index in [1.165, 1.54) is 18.3 Å². The minimum absolute atomic E-state index is 0. The Kier molecular flexibility index (Phi) is 8.00. The molecule has 0 bridgehead atoms. The summed E-state index contributed by atoms with van der Waals surface area (Å²) in [6, 6.07) is 13.7. The highest BCUT2D eigenvalue weighted by Crippen LogP contribution is 2.35. The topological polar surface area (TPSA) is 93.5 Å². The average molecular weight is 587 g/mol. The molecule has 2 aromatic carbocycles. The molecule has 12 heteroatoms. The lowest BCUT2D eigenvalue weighted by atomic mass is 10.0. The third-order valence-corrected chi connectivity index (χ3v) is 7.14. The molecule has 1 aliphatic rings. The summed E-state index contributed by atoms with van der Waals surface area (Å²) >= 11 is 0. The van der Waals surface area contributed by atoms with E-state index in [4.69, 9.17) is 4.74 Å². The van der Waals surface area contributed by atoms with E-state index in [0.717, 1.165) is 18.6 Å². The number of carbonyl (C=O) groups is 1. The maximum Gasteiger partial charge on any atom is 0.573 e. The first-order chi connectivity index (χ1) is 19.9. The van der Waals surface area contributed by atoms with Crippen LogP contribution in [0.15, 0.2) is 54.7 Å². The molecule has 4 aromatic rings. The van der Waals surface area contributed by atoms with E-state index >= 15 is 0 Å². The van der Waals surface area contributed by atoms with Crippen LogP contribution in [0.25, 0.3) is 11.0 Å². The Morgan fingerprint density at radius 1 is 1.05 bits per heavy atom. The highest BCUT2D eigenvalue weighted by atomic mass is 19.4. The number of benzene rings is 2. The lowest BCUT2D eigenvalue weighted by molar-refractivity contribution is -0.274. The lowest BCUT2D eigenvalue weighted by Gasteiger charge is -2.42. The zero-order valence-corrected chi connectivity index (χ0v) is 24.0. The number of pyridine rings is 1. The van der Waals surface area contributed by atoms with Gasteiger partial charge in [0, 0.05) is 53.0 Å². The number of aromatic nitrogens is 3. The number of carbonyl (C=O) groups excluding carboxylic acids is 1. The third kappa shape index (κ3) is 6.59. The molecule has 3 heterocycles. The summed E-state index contributed by atoms with van der Waals surface area (Å²) in [7, 11) is 1.83. The Morgan fingerprint density at radius 2 is 1.79 bits per heavy atom. The van der Waals surface area contributed by atoms with Gasteiger partial charge in [0.1, 0.15) is 22.9 Å². The third-order valence-electron chi connectivity index (χ3n) is 7.14. The zero-order valence-electron chi connectivity index (χ0n) is 24.0. The largest absolute Gasteiger partial charge is 0.573 e. The van der Waals surface area contributed by atoms with Crippen LogP contribution in [0.1, 0.15) is 52.5 Å². The summed E-state index contributed by atoms with van der Waals surface area (Å²) in [5.41, 5.74) is 2.72. The predicted molar refractivity (Wildman–Crippen MR) is 158 cm³/mol. The summed E-state index contributed by atoms with van der Waals surface area (Å²) in [6.07, 6.45) is -3.24. The number of aryl methyl sites for hydroxylation is 1. The molecular weight excluding hydrogens is 549 g/mol.